The van der Waals surface area contributed by atoms with Crippen molar-refractivity contribution in [3.8, 4) is 10.6 Å². The Morgan fingerprint density at radius 2 is 1.92 bits per heavy atom. The van der Waals surface area contributed by atoms with Crippen LogP contribution in [0, 0.1) is 0 Å². The molecule has 3 rings (SSSR count). The highest BCUT2D eigenvalue weighted by Crippen LogP contribution is 2.26. The fourth-order valence-electron chi connectivity index (χ4n) is 2.74. The molecule has 1 heterocycles. The average Bonchev–Trinajstić information content (AvgIpc) is 3.08. The summed E-state index contributed by atoms with van der Waals surface area (Å²) in [6.07, 6.45) is 0.329. The molecule has 1 aromatic heterocycles. The van der Waals surface area contributed by atoms with Crippen molar-refractivity contribution in [3.63, 3.8) is 0 Å². The minimum atomic E-state index is 0.106. The van der Waals surface area contributed by atoms with Crippen molar-refractivity contribution in [2.75, 3.05) is 0 Å². The molecule has 0 aliphatic carbocycles. The minimum Gasteiger partial charge on any atom is -0.336 e. The van der Waals surface area contributed by atoms with Gasteiger partial charge >= 0.3 is 0 Å². The third-order valence-electron chi connectivity index (χ3n) is 4.10. The van der Waals surface area contributed by atoms with Crippen LogP contribution in [0.5, 0.6) is 0 Å². The van der Waals surface area contributed by atoms with E-state index < -0.39 is 0 Å². The molecular formula is C21H21BrN2OS. The number of benzene rings is 2. The Morgan fingerprint density at radius 3 is 2.62 bits per heavy atom. The van der Waals surface area contributed by atoms with Crippen LogP contribution in [0.2, 0.25) is 0 Å². The van der Waals surface area contributed by atoms with E-state index in [9.17, 15) is 4.79 Å². The smallest absolute Gasteiger partial charge is 0.229 e. The Hall–Kier alpha value is -1.98. The minimum absolute atomic E-state index is 0.106. The van der Waals surface area contributed by atoms with Crippen LogP contribution in [0.4, 0.5) is 0 Å². The highest BCUT2D eigenvalue weighted by atomic mass is 79.9. The summed E-state index contributed by atoms with van der Waals surface area (Å²) in [5.74, 6) is 0.106. The van der Waals surface area contributed by atoms with Gasteiger partial charge in [-0.05, 0) is 31.5 Å². The molecule has 3 nitrogen and oxygen atoms in total. The molecule has 0 aliphatic rings. The molecule has 0 N–H and O–H groups in total. The fourth-order valence-corrected chi connectivity index (χ4v) is 3.95. The molecule has 2 aromatic carbocycles. The zero-order valence-corrected chi connectivity index (χ0v) is 17.3. The second-order valence-corrected chi connectivity index (χ2v) is 8.21. The van der Waals surface area contributed by atoms with Crippen LogP contribution < -0.4 is 0 Å². The quantitative estimate of drug-likeness (QED) is 0.515. The second-order valence-electron chi connectivity index (χ2n) is 6.43. The van der Waals surface area contributed by atoms with E-state index in [-0.39, 0.29) is 11.9 Å². The first kappa shape index (κ1) is 18.8. The third-order valence-corrected chi connectivity index (χ3v) is 5.53. The van der Waals surface area contributed by atoms with Gasteiger partial charge in [0.05, 0.1) is 12.1 Å². The van der Waals surface area contributed by atoms with Crippen LogP contribution in [-0.4, -0.2) is 21.8 Å². The summed E-state index contributed by atoms with van der Waals surface area (Å²) >= 11 is 5.06. The van der Waals surface area contributed by atoms with Crippen LogP contribution in [0.3, 0.4) is 0 Å². The van der Waals surface area contributed by atoms with E-state index in [2.05, 4.69) is 46.9 Å². The van der Waals surface area contributed by atoms with E-state index >= 15 is 0 Å². The van der Waals surface area contributed by atoms with Gasteiger partial charge in [0.2, 0.25) is 5.91 Å². The highest BCUT2D eigenvalue weighted by Gasteiger charge is 2.19. The van der Waals surface area contributed by atoms with Crippen molar-refractivity contribution >= 4 is 33.2 Å². The fraction of sp³-hybridized carbons (Fsp3) is 0.238. The number of nitrogens with zero attached hydrogens (tertiary/aromatic N) is 2. The summed E-state index contributed by atoms with van der Waals surface area (Å²) in [5, 5.41) is 2.92. The topological polar surface area (TPSA) is 33.2 Å². The van der Waals surface area contributed by atoms with Gasteiger partial charge < -0.3 is 4.90 Å². The lowest BCUT2D eigenvalue weighted by Crippen LogP contribution is -2.37. The molecule has 0 spiro atoms. The standard InChI is InChI=1S/C21H21BrN2OS/c1-15(2)24(13-16-7-4-3-5-8-16)20(25)12-19-14-26-21(23-19)17-9-6-10-18(22)11-17/h3-11,14-15H,12-13H2,1-2H3. The van der Waals surface area contributed by atoms with E-state index in [4.69, 9.17) is 0 Å². The molecule has 1 amide bonds. The Kier molecular flexibility index (Phi) is 6.22. The summed E-state index contributed by atoms with van der Waals surface area (Å²) in [4.78, 5) is 19.4. The molecule has 26 heavy (non-hydrogen) atoms. The summed E-state index contributed by atoms with van der Waals surface area (Å²) in [6, 6.07) is 18.3. The van der Waals surface area contributed by atoms with Crippen molar-refractivity contribution < 1.29 is 4.79 Å². The summed E-state index contributed by atoms with van der Waals surface area (Å²) in [7, 11) is 0. The van der Waals surface area contributed by atoms with Gasteiger partial charge in [0, 0.05) is 28.0 Å². The Balaban J connectivity index is 1.72. The van der Waals surface area contributed by atoms with Crippen molar-refractivity contribution in [2.24, 2.45) is 0 Å². The van der Waals surface area contributed by atoms with E-state index in [1.807, 2.05) is 52.7 Å². The molecule has 0 bridgehead atoms. The number of carbonyl (C=O) groups excluding carboxylic acids is 1. The van der Waals surface area contributed by atoms with Gasteiger partial charge in [-0.25, -0.2) is 4.98 Å². The number of halogens is 1. The molecular weight excluding hydrogens is 408 g/mol. The number of aromatic nitrogens is 1. The Bertz CT molecular complexity index is 876. The van der Waals surface area contributed by atoms with Crippen LogP contribution in [0.1, 0.15) is 25.1 Å². The van der Waals surface area contributed by atoms with E-state index in [1.165, 1.54) is 0 Å². The molecule has 0 radical (unpaired) electrons. The predicted molar refractivity (Wildman–Crippen MR) is 111 cm³/mol. The molecule has 0 saturated carbocycles. The van der Waals surface area contributed by atoms with Gasteiger partial charge in [0.15, 0.2) is 0 Å². The van der Waals surface area contributed by atoms with Crippen LogP contribution in [0.25, 0.3) is 10.6 Å². The van der Waals surface area contributed by atoms with Crippen LogP contribution >= 0.6 is 27.3 Å². The zero-order valence-electron chi connectivity index (χ0n) is 14.9. The van der Waals surface area contributed by atoms with Crippen molar-refractivity contribution in [2.45, 2.75) is 32.9 Å². The molecule has 0 atom stereocenters. The number of carbonyl (C=O) groups is 1. The number of thiazole rings is 1. The first-order chi connectivity index (χ1) is 12.5. The summed E-state index contributed by atoms with van der Waals surface area (Å²) in [6.45, 7) is 4.73. The van der Waals surface area contributed by atoms with Gasteiger partial charge in [-0.1, -0.05) is 58.4 Å². The van der Waals surface area contributed by atoms with Crippen molar-refractivity contribution in [1.29, 1.82) is 0 Å². The Labute approximate surface area is 166 Å². The maximum absolute atomic E-state index is 12.8. The van der Waals surface area contributed by atoms with Crippen molar-refractivity contribution in [3.05, 3.63) is 75.7 Å². The van der Waals surface area contributed by atoms with E-state index in [1.54, 1.807) is 11.3 Å². The van der Waals surface area contributed by atoms with Gasteiger partial charge in [-0.2, -0.15) is 0 Å². The van der Waals surface area contributed by atoms with Crippen LogP contribution in [-0.2, 0) is 17.8 Å². The number of hydrogen-bond donors (Lipinski definition) is 0. The lowest BCUT2D eigenvalue weighted by atomic mass is 10.1. The van der Waals surface area contributed by atoms with Gasteiger partial charge in [0.25, 0.3) is 0 Å². The maximum Gasteiger partial charge on any atom is 0.229 e. The van der Waals surface area contributed by atoms with Gasteiger partial charge in [0.1, 0.15) is 5.01 Å². The number of amides is 1. The highest BCUT2D eigenvalue weighted by molar-refractivity contribution is 9.10. The third kappa shape index (κ3) is 4.80. The number of rotatable bonds is 6. The van der Waals surface area contributed by atoms with Crippen molar-refractivity contribution in [1.82, 2.24) is 9.88 Å². The lowest BCUT2D eigenvalue weighted by molar-refractivity contribution is -0.132. The SMILES string of the molecule is CC(C)N(Cc1ccccc1)C(=O)Cc1csc(-c2cccc(Br)c2)n1. The summed E-state index contributed by atoms with van der Waals surface area (Å²) < 4.78 is 1.02. The monoisotopic (exact) mass is 428 g/mol. The molecule has 5 heteroatoms. The van der Waals surface area contributed by atoms with Gasteiger partial charge in [-0.15, -0.1) is 11.3 Å². The molecule has 0 aliphatic heterocycles. The van der Waals surface area contributed by atoms with E-state index in [0.717, 1.165) is 26.3 Å². The first-order valence-corrected chi connectivity index (χ1v) is 10.2. The van der Waals surface area contributed by atoms with Gasteiger partial charge in [-0.3, -0.25) is 4.79 Å². The zero-order chi connectivity index (χ0) is 18.5. The first-order valence-electron chi connectivity index (χ1n) is 8.56. The largest absolute Gasteiger partial charge is 0.336 e. The number of hydrogen-bond acceptors (Lipinski definition) is 3. The van der Waals surface area contributed by atoms with E-state index in [0.29, 0.717) is 13.0 Å². The predicted octanol–water partition coefficient (Wildman–Crippen LogP) is 5.55. The summed E-state index contributed by atoms with van der Waals surface area (Å²) in [5.41, 5.74) is 3.03. The molecule has 0 unspecified atom stereocenters. The second kappa shape index (κ2) is 8.60. The molecule has 3 aromatic rings. The Morgan fingerprint density at radius 1 is 1.15 bits per heavy atom. The average molecular weight is 429 g/mol. The lowest BCUT2D eigenvalue weighted by Gasteiger charge is -2.26. The molecule has 0 saturated heterocycles. The maximum atomic E-state index is 12.8. The van der Waals surface area contributed by atoms with Crippen LogP contribution in [0.15, 0.2) is 64.5 Å². The normalized spacial score (nSPS) is 10.9. The molecule has 134 valence electrons. The molecule has 0 fully saturated rings.